The zero-order valence-corrected chi connectivity index (χ0v) is 10.00. The predicted octanol–water partition coefficient (Wildman–Crippen LogP) is 2.50. The summed E-state index contributed by atoms with van der Waals surface area (Å²) in [6.07, 6.45) is -0.0420. The molecule has 0 bridgehead atoms. The molecular formula is C13H17F2NO2. The first-order valence-electron chi connectivity index (χ1n) is 5.99. The van der Waals surface area contributed by atoms with Crippen molar-refractivity contribution in [3.05, 3.63) is 23.8 Å². The van der Waals surface area contributed by atoms with Crippen LogP contribution in [0.15, 0.2) is 18.2 Å². The third-order valence-corrected chi connectivity index (χ3v) is 3.88. The number of rotatable bonds is 2. The molecule has 4 N–H and O–H groups in total. The summed E-state index contributed by atoms with van der Waals surface area (Å²) in [6.45, 7) is 0.181. The van der Waals surface area contributed by atoms with E-state index in [9.17, 15) is 19.0 Å². The van der Waals surface area contributed by atoms with E-state index >= 15 is 0 Å². The zero-order valence-electron chi connectivity index (χ0n) is 10.00. The molecule has 0 aromatic heterocycles. The molecule has 0 unspecified atom stereocenters. The quantitative estimate of drug-likeness (QED) is 0.713. The van der Waals surface area contributed by atoms with Gasteiger partial charge in [0.15, 0.2) is 0 Å². The van der Waals surface area contributed by atoms with Gasteiger partial charge in [0.25, 0.3) is 0 Å². The molecule has 1 aliphatic rings. The van der Waals surface area contributed by atoms with E-state index in [1.54, 1.807) is 0 Å². The zero-order chi connectivity index (χ0) is 13.4. The Hall–Kier alpha value is -1.36. The van der Waals surface area contributed by atoms with Gasteiger partial charge in [-0.3, -0.25) is 0 Å². The number of phenolic OH excluding ortho intramolecular Hbond substituents is 2. The van der Waals surface area contributed by atoms with Crippen molar-refractivity contribution in [2.75, 3.05) is 6.54 Å². The molecule has 1 fully saturated rings. The van der Waals surface area contributed by atoms with E-state index in [0.29, 0.717) is 5.56 Å². The average Bonchev–Trinajstić information content (AvgIpc) is 2.33. The van der Waals surface area contributed by atoms with Crippen molar-refractivity contribution < 1.29 is 19.0 Å². The summed E-state index contributed by atoms with van der Waals surface area (Å²) >= 11 is 0. The second-order valence-corrected chi connectivity index (χ2v) is 5.04. The highest BCUT2D eigenvalue weighted by atomic mass is 19.3. The fourth-order valence-electron chi connectivity index (χ4n) is 2.63. The molecule has 1 saturated carbocycles. The van der Waals surface area contributed by atoms with Crippen LogP contribution in [-0.2, 0) is 5.41 Å². The maximum absolute atomic E-state index is 13.2. The first kappa shape index (κ1) is 13.1. The van der Waals surface area contributed by atoms with Crippen LogP contribution < -0.4 is 5.73 Å². The number of halogens is 2. The number of hydrogen-bond donors (Lipinski definition) is 3. The van der Waals surface area contributed by atoms with E-state index in [2.05, 4.69) is 0 Å². The average molecular weight is 257 g/mol. The Balaban J connectivity index is 2.36. The Morgan fingerprint density at radius 2 is 1.72 bits per heavy atom. The lowest BCUT2D eigenvalue weighted by atomic mass is 9.68. The predicted molar refractivity (Wildman–Crippen MR) is 63.9 cm³/mol. The van der Waals surface area contributed by atoms with Gasteiger partial charge in [0.2, 0.25) is 5.92 Å². The van der Waals surface area contributed by atoms with Crippen LogP contribution in [-0.4, -0.2) is 22.7 Å². The van der Waals surface area contributed by atoms with Gasteiger partial charge in [-0.2, -0.15) is 0 Å². The summed E-state index contributed by atoms with van der Waals surface area (Å²) in [4.78, 5) is 0. The molecule has 18 heavy (non-hydrogen) atoms. The largest absolute Gasteiger partial charge is 0.508 e. The van der Waals surface area contributed by atoms with Gasteiger partial charge < -0.3 is 15.9 Å². The molecule has 5 heteroatoms. The highest BCUT2D eigenvalue weighted by molar-refractivity contribution is 5.44. The summed E-state index contributed by atoms with van der Waals surface area (Å²) in [7, 11) is 0. The van der Waals surface area contributed by atoms with Crippen molar-refractivity contribution in [1.82, 2.24) is 0 Å². The summed E-state index contributed by atoms with van der Waals surface area (Å²) < 4.78 is 26.5. The molecule has 3 nitrogen and oxygen atoms in total. The molecule has 100 valence electrons. The standard InChI is InChI=1S/C13H17F2NO2/c14-13(15)5-3-12(8-16,4-6-13)10-7-9(17)1-2-11(10)18/h1-2,7,17-18H,3-6,8,16H2. The van der Waals surface area contributed by atoms with Crippen molar-refractivity contribution in [2.24, 2.45) is 5.73 Å². The Morgan fingerprint density at radius 3 is 2.28 bits per heavy atom. The van der Waals surface area contributed by atoms with E-state index in [0.717, 1.165) is 0 Å². The number of nitrogens with two attached hydrogens (primary N) is 1. The second kappa shape index (κ2) is 4.39. The van der Waals surface area contributed by atoms with Gasteiger partial charge in [0, 0.05) is 30.4 Å². The smallest absolute Gasteiger partial charge is 0.248 e. The lowest BCUT2D eigenvalue weighted by molar-refractivity contribution is -0.0511. The molecule has 0 heterocycles. The molecule has 0 spiro atoms. The monoisotopic (exact) mass is 257 g/mol. The topological polar surface area (TPSA) is 66.5 Å². The Kier molecular flexibility index (Phi) is 3.19. The summed E-state index contributed by atoms with van der Waals surface area (Å²) in [5.74, 6) is -2.64. The molecule has 0 aliphatic heterocycles. The van der Waals surface area contributed by atoms with Crippen molar-refractivity contribution >= 4 is 0 Å². The third kappa shape index (κ3) is 2.27. The highest BCUT2D eigenvalue weighted by Gasteiger charge is 2.44. The molecule has 2 rings (SSSR count). The molecule has 1 aromatic carbocycles. The van der Waals surface area contributed by atoms with Crippen LogP contribution in [0.25, 0.3) is 0 Å². The van der Waals surface area contributed by atoms with Crippen LogP contribution >= 0.6 is 0 Å². The lowest BCUT2D eigenvalue weighted by Crippen LogP contribution is -2.42. The summed E-state index contributed by atoms with van der Waals surface area (Å²) in [5, 5.41) is 19.3. The first-order chi connectivity index (χ1) is 8.38. The van der Waals surface area contributed by atoms with E-state index in [-0.39, 0.29) is 43.7 Å². The molecule has 1 aromatic rings. The third-order valence-electron chi connectivity index (χ3n) is 3.88. The SMILES string of the molecule is NCC1(c2cc(O)ccc2O)CCC(F)(F)CC1. The number of hydrogen-bond acceptors (Lipinski definition) is 3. The van der Waals surface area contributed by atoms with E-state index in [1.807, 2.05) is 0 Å². The van der Waals surface area contributed by atoms with Crippen LogP contribution in [0.1, 0.15) is 31.2 Å². The first-order valence-corrected chi connectivity index (χ1v) is 5.99. The number of phenols is 2. The van der Waals surface area contributed by atoms with Crippen LogP contribution in [0.2, 0.25) is 0 Å². The van der Waals surface area contributed by atoms with Crippen molar-refractivity contribution in [2.45, 2.75) is 37.0 Å². The lowest BCUT2D eigenvalue weighted by Gasteiger charge is -2.40. The number of benzene rings is 1. The highest BCUT2D eigenvalue weighted by Crippen LogP contribution is 2.47. The molecule has 0 saturated heterocycles. The molecule has 0 radical (unpaired) electrons. The van der Waals surface area contributed by atoms with Gasteiger partial charge in [0.1, 0.15) is 11.5 Å². The van der Waals surface area contributed by atoms with E-state index < -0.39 is 11.3 Å². The maximum Gasteiger partial charge on any atom is 0.248 e. The number of aromatic hydroxyl groups is 2. The van der Waals surface area contributed by atoms with Crippen molar-refractivity contribution in [3.8, 4) is 11.5 Å². The van der Waals surface area contributed by atoms with Crippen molar-refractivity contribution in [1.29, 1.82) is 0 Å². The molecule has 0 atom stereocenters. The normalized spacial score (nSPS) is 21.7. The summed E-state index contributed by atoms with van der Waals surface area (Å²) in [5.41, 5.74) is 5.55. The molecular weight excluding hydrogens is 240 g/mol. The van der Waals surface area contributed by atoms with Gasteiger partial charge in [-0.05, 0) is 31.0 Å². The number of alkyl halides is 2. The van der Waals surface area contributed by atoms with Crippen LogP contribution in [0.5, 0.6) is 11.5 Å². The maximum atomic E-state index is 13.2. The Bertz CT molecular complexity index is 439. The van der Waals surface area contributed by atoms with Crippen LogP contribution in [0.4, 0.5) is 8.78 Å². The minimum Gasteiger partial charge on any atom is -0.508 e. The Labute approximate surface area is 104 Å². The second-order valence-electron chi connectivity index (χ2n) is 5.04. The van der Waals surface area contributed by atoms with Crippen LogP contribution in [0, 0.1) is 0 Å². The minimum absolute atomic E-state index is 0.00321. The van der Waals surface area contributed by atoms with E-state index in [1.165, 1.54) is 18.2 Å². The fourth-order valence-corrected chi connectivity index (χ4v) is 2.63. The molecule has 1 aliphatic carbocycles. The fraction of sp³-hybridized carbons (Fsp3) is 0.538. The van der Waals surface area contributed by atoms with Gasteiger partial charge in [-0.25, -0.2) is 8.78 Å². The van der Waals surface area contributed by atoms with Gasteiger partial charge in [-0.15, -0.1) is 0 Å². The van der Waals surface area contributed by atoms with E-state index in [4.69, 9.17) is 5.73 Å². The van der Waals surface area contributed by atoms with Gasteiger partial charge in [0.05, 0.1) is 0 Å². The Morgan fingerprint density at radius 1 is 1.11 bits per heavy atom. The summed E-state index contributed by atoms with van der Waals surface area (Å²) in [6, 6.07) is 4.15. The van der Waals surface area contributed by atoms with Gasteiger partial charge >= 0.3 is 0 Å². The van der Waals surface area contributed by atoms with Crippen LogP contribution in [0.3, 0.4) is 0 Å². The van der Waals surface area contributed by atoms with Gasteiger partial charge in [-0.1, -0.05) is 0 Å². The van der Waals surface area contributed by atoms with Crippen molar-refractivity contribution in [3.63, 3.8) is 0 Å². The molecule has 0 amide bonds. The minimum atomic E-state index is -2.65.